The highest BCUT2D eigenvalue weighted by Gasteiger charge is 2.41. The lowest BCUT2D eigenvalue weighted by Crippen LogP contribution is -2.60. The number of guanidine groups is 1. The Balaban J connectivity index is 0.00000410. The number of benzene rings is 2. The molecule has 1 aliphatic rings. The molecule has 21 N–H and O–H groups in total. The second kappa shape index (κ2) is 45.7. The summed E-state index contributed by atoms with van der Waals surface area (Å²) in [6.07, 6.45) is -11.9. The van der Waals surface area contributed by atoms with Crippen molar-refractivity contribution in [1.29, 1.82) is 0 Å². The molecule has 0 aromatic heterocycles. The van der Waals surface area contributed by atoms with Gasteiger partial charge in [0, 0.05) is 32.9 Å². The van der Waals surface area contributed by atoms with Gasteiger partial charge in [0.2, 0.25) is 59.1 Å². The van der Waals surface area contributed by atoms with Gasteiger partial charge in [-0.05, 0) is 115 Å². The number of hydrogen-bond acceptors (Lipinski definition) is 16. The van der Waals surface area contributed by atoms with Crippen molar-refractivity contribution in [2.75, 3.05) is 26.2 Å². The van der Waals surface area contributed by atoms with Crippen molar-refractivity contribution in [2.45, 2.75) is 191 Å². The molecule has 9 atom stereocenters. The number of unbranched alkanes of at least 4 members (excludes halogenated alkanes) is 2. The third-order valence-electron chi connectivity index (χ3n) is 14.0. The smallest absolute Gasteiger partial charge is 0.475 e. The topological polar surface area (TPSA) is 525 Å². The fraction of sp³-hybridized carbons (Fsp3) is 0.574. The summed E-state index contributed by atoms with van der Waals surface area (Å²) < 4.78 is 95.2. The average Bonchev–Trinajstić information content (AvgIpc) is 1.79. The number of carbonyl (C=O) groups is 13. The van der Waals surface area contributed by atoms with Crippen LogP contribution in [0.4, 0.5) is 39.5 Å². The molecule has 101 heavy (non-hydrogen) atoms. The number of amides is 10. The Hall–Kier alpha value is -9.89. The number of carboxylic acids is 3. The number of aliphatic carboxylic acids is 3. The number of aliphatic imine (C=N–C) groups is 1. The number of nitrogens with zero attached hydrogens (tertiary/aromatic N) is 2. The number of nitrogens with two attached hydrogens (primary N) is 5. The number of likely N-dealkylation sites (tertiary alicyclic amines) is 1. The zero-order valence-electron chi connectivity index (χ0n) is 55.9. The predicted molar refractivity (Wildman–Crippen MR) is 343 cm³/mol. The van der Waals surface area contributed by atoms with Crippen LogP contribution in [0.5, 0.6) is 0 Å². The van der Waals surface area contributed by atoms with Crippen LogP contribution in [0, 0.1) is 5.92 Å². The van der Waals surface area contributed by atoms with Crippen LogP contribution in [-0.4, -0.2) is 202 Å². The van der Waals surface area contributed by atoms with Crippen LogP contribution in [0.25, 0.3) is 0 Å². The second-order valence-corrected chi connectivity index (χ2v) is 23.0. The van der Waals surface area contributed by atoms with Crippen molar-refractivity contribution in [2.24, 2.45) is 39.6 Å². The molecule has 10 amide bonds. The summed E-state index contributed by atoms with van der Waals surface area (Å²) in [5.41, 5.74) is 29.5. The van der Waals surface area contributed by atoms with E-state index < -0.39 is 150 Å². The molecule has 0 radical (unpaired) electrons. The maximum Gasteiger partial charge on any atom is 0.490 e. The van der Waals surface area contributed by atoms with Gasteiger partial charge in [0.1, 0.15) is 54.4 Å². The van der Waals surface area contributed by atoms with Crippen molar-refractivity contribution in [1.82, 2.24) is 47.4 Å². The van der Waals surface area contributed by atoms with E-state index in [9.17, 15) is 87.5 Å². The van der Waals surface area contributed by atoms with Gasteiger partial charge < -0.3 is 91.4 Å². The lowest BCUT2D eigenvalue weighted by Gasteiger charge is -2.29. The van der Waals surface area contributed by atoms with Gasteiger partial charge in [-0.15, -0.1) is 0 Å². The number of primary amides is 1. The maximum atomic E-state index is 14.7. The summed E-state index contributed by atoms with van der Waals surface area (Å²) in [5.74, 6) is -15.2. The quantitative estimate of drug-likeness (QED) is 0.0189. The Morgan fingerprint density at radius 1 is 0.495 bits per heavy atom. The van der Waals surface area contributed by atoms with Crippen LogP contribution < -0.4 is 71.2 Å². The standard InChI is InChI=1S/C55H87N15O10.3C2HF3O2/c1-33(2)30-42(50(76)64-39(46(58)72)22-12-14-26-56)67-49(75)41(24-16-28-61-55(59)60)66-51(77)43(31-37-18-8-6-9-19-37)69-52(78)44(32-38-20-10-7-11-21-38)68-48(74)40(23-13-15-27-57)65-47(73)34(3)63-53(79)45-25-17-29-70(45)54(80)35(4)62-36(5)71;3*3-2(4,5)1(6)7/h6-11,18-21,33-35,39-45H,12-17,22-32,56-57H2,1-5H3,(H2,58,72)(H,62,71)(H,63,79)(H,64,76)(H,65,73)(H,66,77)(H,67,75)(H,68,74)(H,69,78)(H4,59,60,61);3*(H,6,7)/t34-,35-,39-,40-,41-,42-,43-,44-,45-;;;/m0.../s1. The van der Waals surface area contributed by atoms with Crippen molar-refractivity contribution >= 4 is 82.9 Å². The fourth-order valence-corrected chi connectivity index (χ4v) is 9.09. The number of rotatable bonds is 35. The highest BCUT2D eigenvalue weighted by molar-refractivity contribution is 5.98. The van der Waals surface area contributed by atoms with Gasteiger partial charge in [0.05, 0.1) is 0 Å². The number of nitrogens with one attached hydrogen (secondary N) is 8. The number of carboxylic acid groups (broad SMARTS) is 3. The molecule has 0 unspecified atom stereocenters. The minimum absolute atomic E-state index is 0.0243. The van der Waals surface area contributed by atoms with E-state index in [4.69, 9.17) is 58.4 Å². The molecule has 31 nitrogen and oxygen atoms in total. The highest BCUT2D eigenvalue weighted by Crippen LogP contribution is 2.20. The minimum atomic E-state index is -5.08. The van der Waals surface area contributed by atoms with Gasteiger partial charge in [0.15, 0.2) is 5.96 Å². The van der Waals surface area contributed by atoms with Gasteiger partial charge in [-0.25, -0.2) is 14.4 Å². The van der Waals surface area contributed by atoms with Crippen molar-refractivity contribution < 1.29 is 117 Å². The van der Waals surface area contributed by atoms with Gasteiger partial charge in [-0.2, -0.15) is 39.5 Å². The van der Waals surface area contributed by atoms with Crippen LogP contribution in [-0.2, 0) is 75.2 Å². The van der Waals surface area contributed by atoms with Gasteiger partial charge in [0.25, 0.3) is 0 Å². The van der Waals surface area contributed by atoms with Crippen LogP contribution in [0.2, 0.25) is 0 Å². The summed E-state index contributed by atoms with van der Waals surface area (Å²) in [4.78, 5) is 169. The monoisotopic (exact) mass is 1460 g/mol. The fourth-order valence-electron chi connectivity index (χ4n) is 9.09. The molecule has 0 spiro atoms. The first-order valence-corrected chi connectivity index (χ1v) is 31.3. The molecular weight excluding hydrogens is 1370 g/mol. The molecule has 2 aromatic carbocycles. The van der Waals surface area contributed by atoms with Crippen molar-refractivity contribution in [3.05, 3.63) is 71.8 Å². The molecule has 568 valence electrons. The number of halogens is 9. The van der Waals surface area contributed by atoms with Gasteiger partial charge >= 0.3 is 36.4 Å². The van der Waals surface area contributed by atoms with E-state index in [0.29, 0.717) is 56.2 Å². The molecular formula is C61H90F9N15O16. The Kier molecular flexibility index (Phi) is 41.2. The molecule has 0 bridgehead atoms. The molecule has 40 heteroatoms. The van der Waals surface area contributed by atoms with Crippen LogP contribution in [0.15, 0.2) is 65.7 Å². The summed E-state index contributed by atoms with van der Waals surface area (Å²) in [6, 6.07) is 7.14. The van der Waals surface area contributed by atoms with E-state index in [-0.39, 0.29) is 76.5 Å². The zero-order valence-corrected chi connectivity index (χ0v) is 55.9. The Bertz CT molecular complexity index is 3000. The lowest BCUT2D eigenvalue weighted by molar-refractivity contribution is -0.193. The van der Waals surface area contributed by atoms with Crippen LogP contribution in [0.3, 0.4) is 0 Å². The van der Waals surface area contributed by atoms with E-state index in [1.54, 1.807) is 60.7 Å². The third-order valence-corrected chi connectivity index (χ3v) is 14.0. The number of carbonyl (C=O) groups excluding carboxylic acids is 10. The first-order chi connectivity index (χ1) is 46.9. The number of alkyl halides is 9. The van der Waals surface area contributed by atoms with E-state index >= 15 is 0 Å². The molecule has 1 heterocycles. The van der Waals surface area contributed by atoms with E-state index in [1.165, 1.54) is 25.7 Å². The molecule has 0 saturated carbocycles. The zero-order chi connectivity index (χ0) is 77.5. The highest BCUT2D eigenvalue weighted by atomic mass is 19.4. The average molecular weight is 1460 g/mol. The predicted octanol–water partition coefficient (Wildman–Crippen LogP) is 0.144. The molecule has 2 aromatic rings. The van der Waals surface area contributed by atoms with E-state index in [0.717, 1.165) is 0 Å². The minimum Gasteiger partial charge on any atom is -0.475 e. The second-order valence-electron chi connectivity index (χ2n) is 23.0. The Morgan fingerprint density at radius 3 is 1.23 bits per heavy atom. The summed E-state index contributed by atoms with van der Waals surface area (Å²) >= 11 is 0. The first-order valence-electron chi connectivity index (χ1n) is 31.3. The largest absolute Gasteiger partial charge is 0.490 e. The summed E-state index contributed by atoms with van der Waals surface area (Å²) in [7, 11) is 0. The van der Waals surface area contributed by atoms with Crippen LogP contribution in [0.1, 0.15) is 116 Å². The first kappa shape index (κ1) is 91.1. The molecule has 3 rings (SSSR count). The van der Waals surface area contributed by atoms with Crippen molar-refractivity contribution in [3.63, 3.8) is 0 Å². The number of hydrogen-bond donors (Lipinski definition) is 16. The summed E-state index contributed by atoms with van der Waals surface area (Å²) in [6.45, 7) is 8.94. The Morgan fingerprint density at radius 2 is 0.851 bits per heavy atom. The Labute approximate surface area is 574 Å². The van der Waals surface area contributed by atoms with Crippen LogP contribution >= 0.6 is 0 Å². The SMILES string of the molecule is CC(=O)N[C@@H](C)C(=O)N1CCC[C@H]1C(=O)N[C@@H](C)C(=O)N[C@@H](CCCCN)C(=O)N[C@@H](Cc1ccccc1)C(=O)N[C@@H](Cc1ccccc1)C(=O)N[C@@H](CCCN=C(N)N)C(=O)N[C@@H](CC(C)C)C(=O)N[C@@H](CCCCN)C(N)=O.O=C(O)C(F)(F)F.O=C(O)C(F)(F)F.O=C(O)C(F)(F)F. The van der Waals surface area contributed by atoms with Gasteiger partial charge in [-0.3, -0.25) is 52.9 Å². The molecule has 1 saturated heterocycles. The van der Waals surface area contributed by atoms with Crippen molar-refractivity contribution in [3.8, 4) is 0 Å². The normalized spacial score (nSPS) is 15.0. The lowest BCUT2D eigenvalue weighted by atomic mass is 10.00. The molecule has 1 aliphatic heterocycles. The van der Waals surface area contributed by atoms with E-state index in [1.807, 2.05) is 13.8 Å². The summed E-state index contributed by atoms with van der Waals surface area (Å²) in [5, 5.41) is 43.1. The van der Waals surface area contributed by atoms with E-state index in [2.05, 4.69) is 47.5 Å². The molecule has 1 fully saturated rings. The maximum absolute atomic E-state index is 14.7. The third kappa shape index (κ3) is 38.3. The van der Waals surface area contributed by atoms with Gasteiger partial charge in [-0.1, -0.05) is 74.5 Å². The molecule has 0 aliphatic carbocycles.